The fraction of sp³-hybridized carbons (Fsp3) is 0.312. The summed E-state index contributed by atoms with van der Waals surface area (Å²) in [4.78, 5) is 28.8. The summed E-state index contributed by atoms with van der Waals surface area (Å²) in [7, 11) is 0. The highest BCUT2D eigenvalue weighted by Crippen LogP contribution is 2.23. The molecule has 0 spiro atoms. The fourth-order valence-corrected chi connectivity index (χ4v) is 2.76. The Hall–Kier alpha value is -2.34. The zero-order chi connectivity index (χ0) is 16.4. The Bertz CT molecular complexity index is 770. The van der Waals surface area contributed by atoms with Crippen molar-refractivity contribution in [3.05, 3.63) is 46.0 Å². The molecule has 1 aliphatic heterocycles. The van der Waals surface area contributed by atoms with E-state index in [1.165, 1.54) is 12.5 Å². The van der Waals surface area contributed by atoms with Crippen molar-refractivity contribution in [3.63, 3.8) is 0 Å². The van der Waals surface area contributed by atoms with E-state index >= 15 is 0 Å². The third-order valence-electron chi connectivity index (χ3n) is 3.75. The number of halogens is 1. The summed E-state index contributed by atoms with van der Waals surface area (Å²) in [5.41, 5.74) is 1.36. The van der Waals surface area contributed by atoms with Crippen molar-refractivity contribution in [1.82, 2.24) is 10.3 Å². The van der Waals surface area contributed by atoms with E-state index in [4.69, 9.17) is 16.0 Å². The number of fused-ring (bicyclic) bond motifs is 1. The first-order chi connectivity index (χ1) is 11.1. The molecule has 0 saturated carbocycles. The van der Waals surface area contributed by atoms with E-state index in [9.17, 15) is 9.59 Å². The minimum atomic E-state index is -0.420. The number of aromatic nitrogens is 1. The molecule has 23 heavy (non-hydrogen) atoms. The van der Waals surface area contributed by atoms with E-state index in [2.05, 4.69) is 15.6 Å². The second kappa shape index (κ2) is 6.42. The van der Waals surface area contributed by atoms with Crippen molar-refractivity contribution >= 4 is 29.2 Å². The third kappa shape index (κ3) is 3.07. The number of aryl methyl sites for hydroxylation is 2. The number of carbonyl (C=O) groups excluding carboxylic acids is 2. The van der Waals surface area contributed by atoms with E-state index < -0.39 is 5.91 Å². The van der Waals surface area contributed by atoms with Gasteiger partial charge < -0.3 is 15.1 Å². The molecule has 0 radical (unpaired) electrons. The summed E-state index contributed by atoms with van der Waals surface area (Å²) in [6, 6.07) is 1.76. The molecule has 2 aromatic heterocycles. The van der Waals surface area contributed by atoms with Crippen LogP contribution in [0.25, 0.3) is 0 Å². The first kappa shape index (κ1) is 15.6. The lowest BCUT2D eigenvalue weighted by Gasteiger charge is -2.09. The Kier molecular flexibility index (Phi) is 4.34. The van der Waals surface area contributed by atoms with Gasteiger partial charge in [0.05, 0.1) is 16.1 Å². The van der Waals surface area contributed by atoms with Crippen molar-refractivity contribution < 1.29 is 14.0 Å². The Balaban J connectivity index is 1.90. The molecule has 2 N–H and O–H groups in total. The monoisotopic (exact) mass is 333 g/mol. The molecular weight excluding hydrogens is 318 g/mol. The Morgan fingerprint density at radius 2 is 2.35 bits per heavy atom. The van der Waals surface area contributed by atoms with Crippen molar-refractivity contribution in [3.8, 4) is 0 Å². The van der Waals surface area contributed by atoms with E-state index in [1.54, 1.807) is 6.07 Å². The normalized spacial score (nSPS) is 13.9. The van der Waals surface area contributed by atoms with Gasteiger partial charge in [-0.3, -0.25) is 9.59 Å². The van der Waals surface area contributed by atoms with E-state index in [0.29, 0.717) is 41.6 Å². The molecule has 2 amide bonds. The first-order valence-electron chi connectivity index (χ1n) is 7.44. The standard InChI is InChI=1S/C16H16ClN3O3/c1-2-9-6-10(17)7-19-14(9)20-15(21)11-8-23-12-4-3-5-18-16(22)13(11)12/h6-8H,2-5H2,1H3,(H,18,22)(H,19,20,21). The lowest BCUT2D eigenvalue weighted by atomic mass is 10.1. The smallest absolute Gasteiger partial charge is 0.260 e. The number of carbonyl (C=O) groups is 2. The molecule has 120 valence electrons. The fourth-order valence-electron chi connectivity index (χ4n) is 2.58. The molecule has 0 aliphatic carbocycles. The van der Waals surface area contributed by atoms with Gasteiger partial charge in [-0.05, 0) is 24.5 Å². The molecule has 0 fully saturated rings. The van der Waals surface area contributed by atoms with Gasteiger partial charge in [-0.25, -0.2) is 4.98 Å². The van der Waals surface area contributed by atoms with Crippen molar-refractivity contribution in [2.45, 2.75) is 26.2 Å². The Morgan fingerprint density at radius 3 is 3.13 bits per heavy atom. The largest absolute Gasteiger partial charge is 0.468 e. The number of nitrogens with one attached hydrogen (secondary N) is 2. The van der Waals surface area contributed by atoms with Crippen molar-refractivity contribution in [1.29, 1.82) is 0 Å². The van der Waals surface area contributed by atoms with Crippen LogP contribution in [-0.4, -0.2) is 23.3 Å². The summed E-state index contributed by atoms with van der Waals surface area (Å²) in [6.07, 6.45) is 4.88. The maximum atomic E-state index is 12.5. The van der Waals surface area contributed by atoms with Crippen LogP contribution in [0.5, 0.6) is 0 Å². The second-order valence-electron chi connectivity index (χ2n) is 5.28. The predicted octanol–water partition coefficient (Wildman–Crippen LogP) is 2.82. The van der Waals surface area contributed by atoms with Gasteiger partial charge >= 0.3 is 0 Å². The third-order valence-corrected chi connectivity index (χ3v) is 3.96. The van der Waals surface area contributed by atoms with Gasteiger partial charge in [-0.15, -0.1) is 0 Å². The van der Waals surface area contributed by atoms with Gasteiger partial charge in [0.2, 0.25) is 0 Å². The number of amides is 2. The molecule has 3 heterocycles. The number of rotatable bonds is 3. The average molecular weight is 334 g/mol. The summed E-state index contributed by atoms with van der Waals surface area (Å²) < 4.78 is 5.41. The van der Waals surface area contributed by atoms with Crippen LogP contribution in [-0.2, 0) is 12.8 Å². The number of nitrogens with zero attached hydrogens (tertiary/aromatic N) is 1. The molecule has 0 unspecified atom stereocenters. The van der Waals surface area contributed by atoms with Crippen LogP contribution in [0.3, 0.4) is 0 Å². The van der Waals surface area contributed by atoms with Crippen LogP contribution in [0.15, 0.2) is 22.9 Å². The van der Waals surface area contributed by atoms with Crippen molar-refractivity contribution in [2.75, 3.05) is 11.9 Å². The molecule has 0 bridgehead atoms. The lowest BCUT2D eigenvalue weighted by molar-refractivity contribution is 0.0943. The van der Waals surface area contributed by atoms with E-state index in [0.717, 1.165) is 12.0 Å². The SMILES string of the molecule is CCc1cc(Cl)cnc1NC(=O)c1coc2c1C(=O)NCCC2. The van der Waals surface area contributed by atoms with Crippen molar-refractivity contribution in [2.24, 2.45) is 0 Å². The zero-order valence-corrected chi connectivity index (χ0v) is 13.4. The number of pyridine rings is 1. The highest BCUT2D eigenvalue weighted by atomic mass is 35.5. The van der Waals surface area contributed by atoms with Crippen LogP contribution in [0.1, 0.15) is 45.4 Å². The van der Waals surface area contributed by atoms with Crippen LogP contribution < -0.4 is 10.6 Å². The molecule has 0 saturated heterocycles. The quantitative estimate of drug-likeness (QED) is 0.904. The molecule has 3 rings (SSSR count). The zero-order valence-electron chi connectivity index (χ0n) is 12.6. The van der Waals surface area contributed by atoms with Gasteiger partial charge in [0, 0.05) is 19.2 Å². The first-order valence-corrected chi connectivity index (χ1v) is 7.82. The van der Waals surface area contributed by atoms with Gasteiger partial charge in [0.15, 0.2) is 0 Å². The van der Waals surface area contributed by atoms with Gasteiger partial charge in [0.25, 0.3) is 11.8 Å². The Labute approximate surface area is 138 Å². The van der Waals surface area contributed by atoms with E-state index in [1.807, 2.05) is 6.92 Å². The molecule has 1 aliphatic rings. The number of furan rings is 1. The number of anilines is 1. The molecule has 0 atom stereocenters. The van der Waals surface area contributed by atoms with Crippen LogP contribution in [0, 0.1) is 0 Å². The predicted molar refractivity (Wildman–Crippen MR) is 85.9 cm³/mol. The van der Waals surface area contributed by atoms with Gasteiger partial charge in [-0.1, -0.05) is 18.5 Å². The summed E-state index contributed by atoms with van der Waals surface area (Å²) in [6.45, 7) is 2.52. The lowest BCUT2D eigenvalue weighted by Crippen LogP contribution is -2.25. The summed E-state index contributed by atoms with van der Waals surface area (Å²) in [5.74, 6) is 0.281. The Morgan fingerprint density at radius 1 is 1.52 bits per heavy atom. The summed E-state index contributed by atoms with van der Waals surface area (Å²) in [5, 5.41) is 6.01. The minimum absolute atomic E-state index is 0.221. The number of hydrogen-bond acceptors (Lipinski definition) is 4. The second-order valence-corrected chi connectivity index (χ2v) is 5.71. The van der Waals surface area contributed by atoms with Crippen LogP contribution >= 0.6 is 11.6 Å². The van der Waals surface area contributed by atoms with Gasteiger partial charge in [0.1, 0.15) is 17.8 Å². The van der Waals surface area contributed by atoms with Gasteiger partial charge in [-0.2, -0.15) is 0 Å². The highest BCUT2D eigenvalue weighted by Gasteiger charge is 2.27. The highest BCUT2D eigenvalue weighted by molar-refractivity contribution is 6.30. The van der Waals surface area contributed by atoms with Crippen LogP contribution in [0.2, 0.25) is 5.02 Å². The average Bonchev–Trinajstić information content (AvgIpc) is 2.88. The maximum Gasteiger partial charge on any atom is 0.260 e. The molecular formula is C16H16ClN3O3. The maximum absolute atomic E-state index is 12.5. The minimum Gasteiger partial charge on any atom is -0.468 e. The number of hydrogen-bond donors (Lipinski definition) is 2. The molecule has 0 aromatic carbocycles. The topological polar surface area (TPSA) is 84.2 Å². The molecule has 2 aromatic rings. The van der Waals surface area contributed by atoms with E-state index in [-0.39, 0.29) is 11.5 Å². The molecule has 6 nitrogen and oxygen atoms in total. The summed E-state index contributed by atoms with van der Waals surface area (Å²) >= 11 is 5.92. The van der Waals surface area contributed by atoms with Crippen LogP contribution in [0.4, 0.5) is 5.82 Å². The molecule has 7 heteroatoms.